The molecule has 0 unspecified atom stereocenters. The molecule has 2 rings (SSSR count). The van der Waals surface area contributed by atoms with Crippen molar-refractivity contribution in [3.05, 3.63) is 34.9 Å². The van der Waals surface area contributed by atoms with Crippen LogP contribution in [0, 0.1) is 0 Å². The second-order valence-electron chi connectivity index (χ2n) is 3.42. The fourth-order valence-electron chi connectivity index (χ4n) is 1.76. The molecule has 0 atom stereocenters. The van der Waals surface area contributed by atoms with E-state index in [1.54, 1.807) is 12.1 Å². The van der Waals surface area contributed by atoms with Gasteiger partial charge in [0.2, 0.25) is 0 Å². The monoisotopic (exact) mass is 223 g/mol. The van der Waals surface area contributed by atoms with Crippen LogP contribution >= 0.6 is 11.6 Å². The van der Waals surface area contributed by atoms with E-state index in [0.29, 0.717) is 17.0 Å². The Kier molecular flexibility index (Phi) is 2.73. The molecule has 1 aliphatic rings. The Labute approximate surface area is 92.4 Å². The molecular formula is C11H10ClNO2. The molecule has 0 bridgehead atoms. The number of carbonyl (C=O) groups excluding carboxylic acids is 2. The fourth-order valence-corrected chi connectivity index (χ4v) is 1.89. The number of rotatable bonds is 3. The van der Waals surface area contributed by atoms with Crippen molar-refractivity contribution in [2.75, 3.05) is 5.88 Å². The first-order valence-corrected chi connectivity index (χ1v) is 5.31. The lowest BCUT2D eigenvalue weighted by atomic mass is 9.99. The van der Waals surface area contributed by atoms with Gasteiger partial charge in [0.25, 0.3) is 11.8 Å². The molecule has 15 heavy (non-hydrogen) atoms. The SMILES string of the molecule is O=C1NC(=O)c2c(CCCCl)cccc21. The van der Waals surface area contributed by atoms with Gasteiger partial charge in [-0.1, -0.05) is 12.1 Å². The van der Waals surface area contributed by atoms with E-state index in [2.05, 4.69) is 5.32 Å². The number of nitrogens with one attached hydrogen (secondary N) is 1. The summed E-state index contributed by atoms with van der Waals surface area (Å²) in [4.78, 5) is 22.8. The largest absolute Gasteiger partial charge is 0.288 e. The third kappa shape index (κ3) is 1.75. The van der Waals surface area contributed by atoms with Gasteiger partial charge in [-0.25, -0.2) is 0 Å². The van der Waals surface area contributed by atoms with E-state index in [1.165, 1.54) is 0 Å². The van der Waals surface area contributed by atoms with Gasteiger partial charge in [0.1, 0.15) is 0 Å². The molecule has 0 radical (unpaired) electrons. The number of imide groups is 1. The van der Waals surface area contributed by atoms with Crippen LogP contribution in [-0.4, -0.2) is 17.7 Å². The lowest BCUT2D eigenvalue weighted by Gasteiger charge is -2.03. The summed E-state index contributed by atoms with van der Waals surface area (Å²) in [5.74, 6) is -0.0397. The van der Waals surface area contributed by atoms with Crippen LogP contribution in [0.5, 0.6) is 0 Å². The lowest BCUT2D eigenvalue weighted by Crippen LogP contribution is -2.20. The van der Waals surface area contributed by atoms with Gasteiger partial charge < -0.3 is 0 Å². The molecule has 1 heterocycles. The molecular weight excluding hydrogens is 214 g/mol. The quantitative estimate of drug-likeness (QED) is 0.627. The van der Waals surface area contributed by atoms with Crippen LogP contribution in [0.25, 0.3) is 0 Å². The minimum Gasteiger partial charge on any atom is -0.288 e. The number of hydrogen-bond acceptors (Lipinski definition) is 2. The number of fused-ring (bicyclic) bond motifs is 1. The van der Waals surface area contributed by atoms with Crippen molar-refractivity contribution < 1.29 is 9.59 Å². The third-order valence-electron chi connectivity index (χ3n) is 2.43. The van der Waals surface area contributed by atoms with Crippen molar-refractivity contribution in [2.24, 2.45) is 0 Å². The van der Waals surface area contributed by atoms with Crippen molar-refractivity contribution in [3.8, 4) is 0 Å². The zero-order chi connectivity index (χ0) is 10.8. The lowest BCUT2D eigenvalue weighted by molar-refractivity contribution is 0.0879. The van der Waals surface area contributed by atoms with E-state index in [9.17, 15) is 9.59 Å². The zero-order valence-electron chi connectivity index (χ0n) is 8.05. The first-order chi connectivity index (χ1) is 7.24. The smallest absolute Gasteiger partial charge is 0.259 e. The Bertz CT molecular complexity index is 429. The average Bonchev–Trinajstić information content (AvgIpc) is 2.53. The summed E-state index contributed by atoms with van der Waals surface area (Å²) in [6.07, 6.45) is 1.53. The molecule has 3 nitrogen and oxygen atoms in total. The highest BCUT2D eigenvalue weighted by molar-refractivity contribution is 6.22. The zero-order valence-corrected chi connectivity index (χ0v) is 8.80. The average molecular weight is 224 g/mol. The molecule has 1 N–H and O–H groups in total. The number of aryl methyl sites for hydroxylation is 1. The van der Waals surface area contributed by atoms with Crippen LogP contribution in [0.15, 0.2) is 18.2 Å². The highest BCUT2D eigenvalue weighted by Crippen LogP contribution is 2.21. The van der Waals surface area contributed by atoms with Gasteiger partial charge in [0.15, 0.2) is 0 Å². The van der Waals surface area contributed by atoms with Crippen LogP contribution in [0.2, 0.25) is 0 Å². The van der Waals surface area contributed by atoms with Crippen LogP contribution in [-0.2, 0) is 6.42 Å². The number of halogens is 1. The van der Waals surface area contributed by atoms with Crippen molar-refractivity contribution >= 4 is 23.4 Å². The molecule has 78 valence electrons. The van der Waals surface area contributed by atoms with E-state index in [1.807, 2.05) is 6.07 Å². The van der Waals surface area contributed by atoms with Crippen molar-refractivity contribution in [2.45, 2.75) is 12.8 Å². The Balaban J connectivity index is 2.41. The third-order valence-corrected chi connectivity index (χ3v) is 2.70. The van der Waals surface area contributed by atoms with Gasteiger partial charge in [-0.3, -0.25) is 14.9 Å². The van der Waals surface area contributed by atoms with E-state index in [0.717, 1.165) is 18.4 Å². The first kappa shape index (κ1) is 10.2. The van der Waals surface area contributed by atoms with Crippen LogP contribution in [0.3, 0.4) is 0 Å². The van der Waals surface area contributed by atoms with Gasteiger partial charge in [0.05, 0.1) is 11.1 Å². The molecule has 0 saturated heterocycles. The molecule has 2 amide bonds. The summed E-state index contributed by atoms with van der Waals surface area (Å²) in [5, 5.41) is 2.29. The summed E-state index contributed by atoms with van der Waals surface area (Å²) < 4.78 is 0. The minimum absolute atomic E-state index is 0.292. The van der Waals surface area contributed by atoms with Gasteiger partial charge in [-0.15, -0.1) is 11.6 Å². The van der Waals surface area contributed by atoms with Crippen LogP contribution in [0.1, 0.15) is 32.7 Å². The van der Waals surface area contributed by atoms with E-state index < -0.39 is 0 Å². The van der Waals surface area contributed by atoms with Crippen LogP contribution in [0.4, 0.5) is 0 Å². The summed E-state index contributed by atoms with van der Waals surface area (Å²) in [5.41, 5.74) is 1.90. The standard InChI is InChI=1S/C11H10ClNO2/c12-6-2-4-7-3-1-5-8-9(7)11(15)13-10(8)14/h1,3,5H,2,4,6H2,(H,13,14,15). The second kappa shape index (κ2) is 4.03. The predicted octanol–water partition coefficient (Wildman–Crippen LogP) is 1.74. The highest BCUT2D eigenvalue weighted by atomic mass is 35.5. The molecule has 4 heteroatoms. The Hall–Kier alpha value is -1.35. The number of carbonyl (C=O) groups is 2. The van der Waals surface area contributed by atoms with Gasteiger partial charge >= 0.3 is 0 Å². The van der Waals surface area contributed by atoms with E-state index in [-0.39, 0.29) is 11.8 Å². The van der Waals surface area contributed by atoms with E-state index in [4.69, 9.17) is 11.6 Å². The van der Waals surface area contributed by atoms with E-state index >= 15 is 0 Å². The summed E-state index contributed by atoms with van der Waals surface area (Å²) >= 11 is 5.60. The molecule has 0 aliphatic carbocycles. The number of hydrogen-bond donors (Lipinski definition) is 1. The predicted molar refractivity (Wildman–Crippen MR) is 57.3 cm³/mol. The van der Waals surface area contributed by atoms with Crippen molar-refractivity contribution in [1.29, 1.82) is 0 Å². The Morgan fingerprint density at radius 1 is 1.20 bits per heavy atom. The maximum Gasteiger partial charge on any atom is 0.259 e. The molecule has 1 aromatic rings. The summed E-state index contributed by atoms with van der Waals surface area (Å²) in [7, 11) is 0. The molecule has 0 spiro atoms. The molecule has 1 aromatic carbocycles. The number of alkyl halides is 1. The Morgan fingerprint density at radius 2 is 2.00 bits per heavy atom. The molecule has 1 aliphatic heterocycles. The highest BCUT2D eigenvalue weighted by Gasteiger charge is 2.28. The minimum atomic E-state index is -0.303. The number of benzene rings is 1. The van der Waals surface area contributed by atoms with Gasteiger partial charge in [-0.05, 0) is 24.5 Å². The molecule has 0 aromatic heterocycles. The molecule has 0 saturated carbocycles. The summed E-state index contributed by atoms with van der Waals surface area (Å²) in [6, 6.07) is 5.32. The van der Waals surface area contributed by atoms with Gasteiger partial charge in [-0.2, -0.15) is 0 Å². The normalized spacial score (nSPS) is 13.9. The Morgan fingerprint density at radius 3 is 2.73 bits per heavy atom. The fraction of sp³-hybridized carbons (Fsp3) is 0.273. The first-order valence-electron chi connectivity index (χ1n) is 4.77. The van der Waals surface area contributed by atoms with Crippen molar-refractivity contribution in [1.82, 2.24) is 5.32 Å². The topological polar surface area (TPSA) is 46.2 Å². The van der Waals surface area contributed by atoms with Crippen molar-refractivity contribution in [3.63, 3.8) is 0 Å². The summed E-state index contributed by atoms with van der Waals surface area (Å²) in [6.45, 7) is 0. The molecule has 0 fully saturated rings. The maximum atomic E-state index is 11.5. The number of amides is 2. The van der Waals surface area contributed by atoms with Gasteiger partial charge in [0, 0.05) is 5.88 Å². The van der Waals surface area contributed by atoms with Crippen LogP contribution < -0.4 is 5.32 Å². The second-order valence-corrected chi connectivity index (χ2v) is 3.79. The maximum absolute atomic E-state index is 11.5.